The summed E-state index contributed by atoms with van der Waals surface area (Å²) >= 11 is 0. The first-order valence-electron chi connectivity index (χ1n) is 12.5. The number of ether oxygens (including phenoxy) is 1. The van der Waals surface area contributed by atoms with Crippen molar-refractivity contribution >= 4 is 29.4 Å². The molecule has 1 saturated heterocycles. The summed E-state index contributed by atoms with van der Waals surface area (Å²) in [5.74, 6) is -0.828. The summed E-state index contributed by atoms with van der Waals surface area (Å²) in [5, 5.41) is 0. The number of imide groups is 1. The molecule has 4 aliphatic rings. The van der Waals surface area contributed by atoms with E-state index in [9.17, 15) is 9.59 Å². The molecule has 4 aromatic rings. The highest BCUT2D eigenvalue weighted by molar-refractivity contribution is 6.25. The Balaban J connectivity index is 1.49. The maximum absolute atomic E-state index is 14.3. The predicted molar refractivity (Wildman–Crippen MR) is 143 cm³/mol. The van der Waals surface area contributed by atoms with Gasteiger partial charge < -0.3 is 4.74 Å². The van der Waals surface area contributed by atoms with Gasteiger partial charge >= 0.3 is 0 Å². The Morgan fingerprint density at radius 3 is 1.97 bits per heavy atom. The van der Waals surface area contributed by atoms with Crippen molar-refractivity contribution in [1.82, 2.24) is 0 Å². The van der Waals surface area contributed by atoms with Gasteiger partial charge in [-0.25, -0.2) is 4.90 Å². The van der Waals surface area contributed by atoms with Crippen LogP contribution in [0.3, 0.4) is 0 Å². The Labute approximate surface area is 215 Å². The first-order valence-corrected chi connectivity index (χ1v) is 12.5. The number of benzene rings is 4. The number of amides is 2. The Kier molecular flexibility index (Phi) is 4.70. The van der Waals surface area contributed by atoms with Gasteiger partial charge in [0.05, 0.1) is 35.7 Å². The Morgan fingerprint density at radius 2 is 1.35 bits per heavy atom. The summed E-state index contributed by atoms with van der Waals surface area (Å²) in [4.78, 5) is 34.7. The first-order chi connectivity index (χ1) is 18.1. The summed E-state index contributed by atoms with van der Waals surface area (Å²) in [6.45, 7) is 0. The van der Waals surface area contributed by atoms with Crippen molar-refractivity contribution in [1.29, 1.82) is 0 Å². The van der Waals surface area contributed by atoms with Crippen molar-refractivity contribution in [3.05, 3.63) is 125 Å². The summed E-state index contributed by atoms with van der Waals surface area (Å²) < 4.78 is 5.30. The summed E-state index contributed by atoms with van der Waals surface area (Å²) in [6.07, 6.45) is 1.92. The van der Waals surface area contributed by atoms with Crippen LogP contribution in [0.4, 0.5) is 11.4 Å². The molecule has 0 aromatic heterocycles. The largest absolute Gasteiger partial charge is 0.497 e. The van der Waals surface area contributed by atoms with Crippen LogP contribution in [0, 0.1) is 11.8 Å². The lowest BCUT2D eigenvalue weighted by atomic mass is 9.47. The quantitative estimate of drug-likeness (QED) is 0.278. The minimum Gasteiger partial charge on any atom is -0.497 e. The monoisotopic (exact) mass is 484 g/mol. The molecule has 37 heavy (non-hydrogen) atoms. The van der Waals surface area contributed by atoms with Gasteiger partial charge in [-0.15, -0.1) is 0 Å². The number of methoxy groups -OCH3 is 1. The van der Waals surface area contributed by atoms with Crippen LogP contribution in [0.5, 0.6) is 5.75 Å². The number of hydrogen-bond acceptors (Lipinski definition) is 4. The molecular weight excluding hydrogens is 460 g/mol. The molecule has 1 fully saturated rings. The van der Waals surface area contributed by atoms with Crippen LogP contribution in [-0.2, 0) is 15.0 Å². The van der Waals surface area contributed by atoms with Gasteiger partial charge in [0.25, 0.3) is 0 Å². The third-order valence-corrected chi connectivity index (χ3v) is 8.19. The number of para-hydroxylation sites is 1. The number of carbonyl (C=O) groups is 2. The lowest BCUT2D eigenvalue weighted by Gasteiger charge is -2.52. The van der Waals surface area contributed by atoms with E-state index >= 15 is 0 Å². The normalized spacial score (nSPS) is 25.2. The highest BCUT2D eigenvalue weighted by Gasteiger charge is 2.67. The van der Waals surface area contributed by atoms with E-state index in [1.54, 1.807) is 7.11 Å². The van der Waals surface area contributed by atoms with Crippen molar-refractivity contribution in [2.75, 3.05) is 12.0 Å². The molecule has 1 heterocycles. The van der Waals surface area contributed by atoms with E-state index in [0.717, 1.165) is 33.7 Å². The van der Waals surface area contributed by atoms with Gasteiger partial charge in [-0.2, -0.15) is 0 Å². The molecule has 5 heteroatoms. The molecule has 2 atom stereocenters. The molecule has 8 rings (SSSR count). The topological polar surface area (TPSA) is 59.0 Å². The summed E-state index contributed by atoms with van der Waals surface area (Å²) in [5.41, 5.74) is 4.79. The van der Waals surface area contributed by atoms with Crippen molar-refractivity contribution in [3.8, 4) is 5.75 Å². The zero-order valence-corrected chi connectivity index (χ0v) is 20.2. The van der Waals surface area contributed by atoms with Crippen LogP contribution in [0.1, 0.15) is 28.2 Å². The molecule has 5 nitrogen and oxygen atoms in total. The minimum absolute atomic E-state index is 0.141. The van der Waals surface area contributed by atoms with E-state index in [1.165, 1.54) is 4.90 Å². The molecule has 3 aliphatic carbocycles. The molecule has 0 spiro atoms. The smallest absolute Gasteiger partial charge is 0.239 e. The zero-order valence-electron chi connectivity index (χ0n) is 20.2. The molecule has 2 unspecified atom stereocenters. The summed E-state index contributed by atoms with van der Waals surface area (Å²) in [7, 11) is 1.63. The fourth-order valence-corrected chi connectivity index (χ4v) is 6.73. The summed E-state index contributed by atoms with van der Waals surface area (Å²) in [6, 6.07) is 33.2. The fourth-order valence-electron chi connectivity index (χ4n) is 6.73. The van der Waals surface area contributed by atoms with E-state index < -0.39 is 17.3 Å². The van der Waals surface area contributed by atoms with Crippen LogP contribution < -0.4 is 9.64 Å². The van der Waals surface area contributed by atoms with E-state index in [-0.39, 0.29) is 17.7 Å². The average Bonchev–Trinajstić information content (AvgIpc) is 3.23. The number of nitrogens with zero attached hydrogens (tertiary/aromatic N) is 2. The second kappa shape index (κ2) is 8.00. The minimum atomic E-state index is -0.872. The first kappa shape index (κ1) is 21.7. The second-order valence-corrected chi connectivity index (χ2v) is 9.83. The molecule has 1 aliphatic heterocycles. The van der Waals surface area contributed by atoms with Crippen molar-refractivity contribution in [2.24, 2.45) is 16.8 Å². The van der Waals surface area contributed by atoms with Gasteiger partial charge in [0.15, 0.2) is 0 Å². The predicted octanol–water partition coefficient (Wildman–Crippen LogP) is 5.65. The Bertz CT molecular complexity index is 1530. The zero-order chi connectivity index (χ0) is 25.1. The highest BCUT2D eigenvalue weighted by atomic mass is 16.5. The maximum Gasteiger partial charge on any atom is 0.239 e. The number of aliphatic imine (C=N–C) groups is 1. The third-order valence-electron chi connectivity index (χ3n) is 8.19. The molecule has 0 radical (unpaired) electrons. The maximum atomic E-state index is 14.3. The molecular formula is C32H24N2O3. The van der Waals surface area contributed by atoms with Gasteiger partial charge in [-0.1, -0.05) is 66.7 Å². The number of anilines is 1. The van der Waals surface area contributed by atoms with Crippen LogP contribution in [-0.4, -0.2) is 25.1 Å². The SMILES string of the molecule is COc1ccc(N=CC23c4ccccc4C(c4ccccc42)C2C(=O)N(c4ccccc4)C(=O)C23)cc1. The van der Waals surface area contributed by atoms with Crippen molar-refractivity contribution in [3.63, 3.8) is 0 Å². The van der Waals surface area contributed by atoms with Crippen LogP contribution in [0.25, 0.3) is 0 Å². The lowest BCUT2D eigenvalue weighted by Crippen LogP contribution is -2.54. The van der Waals surface area contributed by atoms with Gasteiger partial charge in [0.1, 0.15) is 5.75 Å². The molecule has 0 N–H and O–H groups in total. The number of hydrogen-bond donors (Lipinski definition) is 0. The number of rotatable bonds is 4. The molecule has 4 aromatic carbocycles. The fraction of sp³-hybridized carbons (Fsp3) is 0.156. The van der Waals surface area contributed by atoms with E-state index in [0.29, 0.717) is 5.69 Å². The van der Waals surface area contributed by atoms with Crippen molar-refractivity contribution < 1.29 is 14.3 Å². The average molecular weight is 485 g/mol. The van der Waals surface area contributed by atoms with Crippen LogP contribution in [0.15, 0.2) is 108 Å². The van der Waals surface area contributed by atoms with E-state index in [1.807, 2.05) is 85.1 Å². The Hall–Kier alpha value is -4.51. The molecule has 2 amide bonds. The third kappa shape index (κ3) is 2.88. The van der Waals surface area contributed by atoms with Crippen LogP contribution >= 0.6 is 0 Å². The van der Waals surface area contributed by atoms with Gasteiger partial charge in [0, 0.05) is 12.1 Å². The number of carbonyl (C=O) groups excluding carboxylic acids is 2. The van der Waals surface area contributed by atoms with E-state index in [4.69, 9.17) is 9.73 Å². The van der Waals surface area contributed by atoms with Crippen molar-refractivity contribution in [2.45, 2.75) is 11.3 Å². The lowest BCUT2D eigenvalue weighted by molar-refractivity contribution is -0.122. The molecule has 180 valence electrons. The standard InChI is InChI=1S/C32H24N2O3/c1-37-22-17-15-20(16-18-22)33-19-32-25-13-7-5-11-23(25)27(24-12-6-8-14-26(24)32)28-29(32)31(36)34(30(28)35)21-9-3-2-4-10-21/h2-19,27-29H,1H3. The van der Waals surface area contributed by atoms with Gasteiger partial charge in [-0.3, -0.25) is 14.6 Å². The second-order valence-electron chi connectivity index (χ2n) is 9.83. The van der Waals surface area contributed by atoms with E-state index in [2.05, 4.69) is 24.3 Å². The van der Waals surface area contributed by atoms with Gasteiger partial charge in [0.2, 0.25) is 11.8 Å². The Morgan fingerprint density at radius 1 is 0.757 bits per heavy atom. The highest BCUT2D eigenvalue weighted by Crippen LogP contribution is 2.63. The molecule has 2 bridgehead atoms. The van der Waals surface area contributed by atoms with Gasteiger partial charge in [-0.05, 0) is 58.7 Å². The molecule has 0 saturated carbocycles. The van der Waals surface area contributed by atoms with Crippen LogP contribution in [0.2, 0.25) is 0 Å².